The highest BCUT2D eigenvalue weighted by molar-refractivity contribution is 5.81. The summed E-state index contributed by atoms with van der Waals surface area (Å²) in [5.74, 6) is 1.46. The minimum absolute atomic E-state index is 0.0462. The number of benzene rings is 1. The van der Waals surface area contributed by atoms with Crippen LogP contribution in [0.5, 0.6) is 11.5 Å². The van der Waals surface area contributed by atoms with Crippen molar-refractivity contribution >= 4 is 11.8 Å². The SMILES string of the molecule is CCOc1cccc2c1OCCCCCNC(=O)CN(CC(=O)N1CCN(C(C)C)CC1)C2. The van der Waals surface area contributed by atoms with E-state index >= 15 is 0 Å². The largest absolute Gasteiger partial charge is 0.490 e. The van der Waals surface area contributed by atoms with Crippen molar-refractivity contribution < 1.29 is 19.1 Å². The molecule has 8 heteroatoms. The van der Waals surface area contributed by atoms with Gasteiger partial charge >= 0.3 is 0 Å². The van der Waals surface area contributed by atoms with E-state index < -0.39 is 0 Å². The topological polar surface area (TPSA) is 74.3 Å². The van der Waals surface area contributed by atoms with Crippen LogP contribution in [0.1, 0.15) is 45.6 Å². The number of amides is 2. The third-order valence-corrected chi connectivity index (χ3v) is 6.27. The van der Waals surface area contributed by atoms with Crippen LogP contribution >= 0.6 is 0 Å². The first-order valence-corrected chi connectivity index (χ1v) is 12.4. The molecule has 1 N–H and O–H groups in total. The Balaban J connectivity index is 1.75. The Bertz CT molecular complexity index is 778. The van der Waals surface area contributed by atoms with Crippen molar-refractivity contribution in [2.75, 3.05) is 59.0 Å². The number of ether oxygens (including phenoxy) is 2. The molecule has 33 heavy (non-hydrogen) atoms. The minimum atomic E-state index is -0.0462. The molecule has 0 atom stereocenters. The van der Waals surface area contributed by atoms with Gasteiger partial charge in [0.15, 0.2) is 11.5 Å². The molecule has 2 amide bonds. The molecule has 2 aliphatic rings. The fourth-order valence-corrected chi connectivity index (χ4v) is 4.37. The van der Waals surface area contributed by atoms with E-state index in [1.807, 2.05) is 34.9 Å². The Morgan fingerprint density at radius 1 is 1.12 bits per heavy atom. The van der Waals surface area contributed by atoms with Crippen LogP contribution in [0.4, 0.5) is 0 Å². The van der Waals surface area contributed by atoms with Gasteiger partial charge in [-0.25, -0.2) is 0 Å². The van der Waals surface area contributed by atoms with E-state index in [1.54, 1.807) is 0 Å². The number of nitrogens with one attached hydrogen (secondary N) is 1. The molecular weight excluding hydrogens is 420 g/mol. The molecule has 0 aliphatic carbocycles. The standard InChI is InChI=1S/C25H40N4O4/c1-4-32-22-10-8-9-21-17-27(18-23(30)26-11-6-5-7-16-33-25(21)22)19-24(31)29-14-12-28(13-15-29)20(2)3/h8-10,20H,4-7,11-19H2,1-3H3,(H,26,30). The summed E-state index contributed by atoms with van der Waals surface area (Å²) in [5.41, 5.74) is 0.936. The highest BCUT2D eigenvalue weighted by Gasteiger charge is 2.25. The summed E-state index contributed by atoms with van der Waals surface area (Å²) in [6.07, 6.45) is 2.81. The average Bonchev–Trinajstić information content (AvgIpc) is 2.81. The number of hydrogen-bond acceptors (Lipinski definition) is 6. The maximum atomic E-state index is 13.1. The molecule has 1 saturated heterocycles. The molecule has 0 radical (unpaired) electrons. The van der Waals surface area contributed by atoms with Crippen molar-refractivity contribution in [1.29, 1.82) is 0 Å². The van der Waals surface area contributed by atoms with Crippen molar-refractivity contribution in [1.82, 2.24) is 20.0 Å². The van der Waals surface area contributed by atoms with Gasteiger partial charge in [-0.2, -0.15) is 0 Å². The molecule has 1 aromatic rings. The number of nitrogens with zero attached hydrogens (tertiary/aromatic N) is 3. The number of carbonyl (C=O) groups excluding carboxylic acids is 2. The lowest BCUT2D eigenvalue weighted by atomic mass is 10.1. The van der Waals surface area contributed by atoms with Crippen LogP contribution in [0.3, 0.4) is 0 Å². The van der Waals surface area contributed by atoms with Gasteiger partial charge in [-0.05, 0) is 46.1 Å². The summed E-state index contributed by atoms with van der Waals surface area (Å²) in [4.78, 5) is 32.0. The number of para-hydroxylation sites is 1. The van der Waals surface area contributed by atoms with Crippen molar-refractivity contribution in [3.8, 4) is 11.5 Å². The van der Waals surface area contributed by atoms with E-state index in [0.29, 0.717) is 38.1 Å². The van der Waals surface area contributed by atoms with Gasteiger partial charge in [-0.15, -0.1) is 0 Å². The molecule has 0 spiro atoms. The Morgan fingerprint density at radius 2 is 1.91 bits per heavy atom. The molecule has 3 rings (SSSR count). The summed E-state index contributed by atoms with van der Waals surface area (Å²) >= 11 is 0. The first kappa shape index (κ1) is 25.3. The van der Waals surface area contributed by atoms with Gasteiger partial charge in [0.1, 0.15) is 0 Å². The van der Waals surface area contributed by atoms with Crippen molar-refractivity contribution in [2.45, 2.75) is 52.6 Å². The minimum Gasteiger partial charge on any atom is -0.490 e. The number of fused-ring (bicyclic) bond motifs is 1. The molecule has 184 valence electrons. The third-order valence-electron chi connectivity index (χ3n) is 6.27. The predicted octanol–water partition coefficient (Wildman–Crippen LogP) is 2.12. The fraction of sp³-hybridized carbons (Fsp3) is 0.680. The van der Waals surface area contributed by atoms with E-state index in [0.717, 1.165) is 56.8 Å². The van der Waals surface area contributed by atoms with Crippen LogP contribution in [0.15, 0.2) is 18.2 Å². The Kier molecular flexibility index (Phi) is 9.81. The molecule has 8 nitrogen and oxygen atoms in total. The lowest BCUT2D eigenvalue weighted by molar-refractivity contribution is -0.135. The van der Waals surface area contributed by atoms with E-state index in [9.17, 15) is 9.59 Å². The quantitative estimate of drug-likeness (QED) is 0.726. The summed E-state index contributed by atoms with van der Waals surface area (Å²) in [6.45, 7) is 12.2. The lowest BCUT2D eigenvalue weighted by Gasteiger charge is -2.37. The highest BCUT2D eigenvalue weighted by Crippen LogP contribution is 2.32. The monoisotopic (exact) mass is 460 g/mol. The van der Waals surface area contributed by atoms with Crippen molar-refractivity contribution in [2.24, 2.45) is 0 Å². The average molecular weight is 461 g/mol. The van der Waals surface area contributed by atoms with Crippen LogP contribution < -0.4 is 14.8 Å². The molecular formula is C25H40N4O4. The summed E-state index contributed by atoms with van der Waals surface area (Å²) in [5, 5.41) is 3.00. The number of hydrogen-bond donors (Lipinski definition) is 1. The molecule has 0 unspecified atom stereocenters. The molecule has 1 fully saturated rings. The number of rotatable bonds is 5. The van der Waals surface area contributed by atoms with E-state index in [2.05, 4.69) is 24.1 Å². The Labute approximate surface area is 198 Å². The molecule has 0 saturated carbocycles. The van der Waals surface area contributed by atoms with Gasteiger partial charge in [-0.3, -0.25) is 19.4 Å². The zero-order chi connectivity index (χ0) is 23.6. The highest BCUT2D eigenvalue weighted by atomic mass is 16.5. The molecule has 0 aromatic heterocycles. The Hall–Kier alpha value is -2.32. The molecule has 2 aliphatic heterocycles. The maximum absolute atomic E-state index is 13.1. The normalized spacial score (nSPS) is 19.5. The van der Waals surface area contributed by atoms with Gasteiger partial charge < -0.3 is 19.7 Å². The maximum Gasteiger partial charge on any atom is 0.236 e. The van der Waals surface area contributed by atoms with Gasteiger partial charge in [0.25, 0.3) is 0 Å². The predicted molar refractivity (Wildman–Crippen MR) is 129 cm³/mol. The summed E-state index contributed by atoms with van der Waals surface area (Å²) in [6, 6.07) is 6.34. The summed E-state index contributed by atoms with van der Waals surface area (Å²) in [7, 11) is 0. The van der Waals surface area contributed by atoms with Gasteiger partial charge in [-0.1, -0.05) is 12.1 Å². The zero-order valence-corrected chi connectivity index (χ0v) is 20.5. The number of piperazine rings is 1. The van der Waals surface area contributed by atoms with E-state index in [1.165, 1.54) is 0 Å². The van der Waals surface area contributed by atoms with Gasteiger partial charge in [0.2, 0.25) is 11.8 Å². The van der Waals surface area contributed by atoms with Crippen LogP contribution in [-0.2, 0) is 16.1 Å². The second-order valence-corrected chi connectivity index (χ2v) is 9.09. The van der Waals surface area contributed by atoms with Crippen molar-refractivity contribution in [3.63, 3.8) is 0 Å². The molecule has 1 aromatic carbocycles. The van der Waals surface area contributed by atoms with Crippen LogP contribution in [0.25, 0.3) is 0 Å². The van der Waals surface area contributed by atoms with Crippen LogP contribution in [0.2, 0.25) is 0 Å². The lowest BCUT2D eigenvalue weighted by Crippen LogP contribution is -2.53. The van der Waals surface area contributed by atoms with Crippen LogP contribution in [-0.4, -0.2) is 91.6 Å². The molecule has 0 bridgehead atoms. The second-order valence-electron chi connectivity index (χ2n) is 9.09. The summed E-state index contributed by atoms with van der Waals surface area (Å²) < 4.78 is 12.0. The third kappa shape index (κ3) is 7.61. The van der Waals surface area contributed by atoms with Crippen LogP contribution in [0, 0.1) is 0 Å². The zero-order valence-electron chi connectivity index (χ0n) is 20.5. The molecule has 2 heterocycles. The number of carbonyl (C=O) groups is 2. The van der Waals surface area contributed by atoms with E-state index in [4.69, 9.17) is 9.47 Å². The van der Waals surface area contributed by atoms with Gasteiger partial charge in [0.05, 0.1) is 26.3 Å². The Morgan fingerprint density at radius 3 is 2.64 bits per heavy atom. The first-order valence-electron chi connectivity index (χ1n) is 12.4. The first-order chi connectivity index (χ1) is 16.0. The van der Waals surface area contributed by atoms with E-state index in [-0.39, 0.29) is 24.9 Å². The second kappa shape index (κ2) is 12.8. The fourth-order valence-electron chi connectivity index (χ4n) is 4.37. The smallest absolute Gasteiger partial charge is 0.236 e. The van der Waals surface area contributed by atoms with Crippen molar-refractivity contribution in [3.05, 3.63) is 23.8 Å². The van der Waals surface area contributed by atoms with Gasteiger partial charge in [0, 0.05) is 50.9 Å².